The van der Waals surface area contributed by atoms with Crippen LogP contribution >= 0.6 is 0 Å². The standard InChI is InChI=1S/C9H16FN3/c1-7(2)6-13-4-3-9(12-13)8(10)5-11/h3-4,7-8H,5-6,11H2,1-2H3. The van der Waals surface area contributed by atoms with Crippen LogP contribution in [0.15, 0.2) is 12.3 Å². The Balaban J connectivity index is 2.63. The van der Waals surface area contributed by atoms with Gasteiger partial charge in [0.2, 0.25) is 0 Å². The fourth-order valence-electron chi connectivity index (χ4n) is 1.14. The minimum absolute atomic E-state index is 0.00130. The highest BCUT2D eigenvalue weighted by Gasteiger charge is 2.10. The maximum Gasteiger partial charge on any atom is 0.156 e. The molecule has 0 spiro atoms. The lowest BCUT2D eigenvalue weighted by Crippen LogP contribution is -2.10. The summed E-state index contributed by atoms with van der Waals surface area (Å²) in [6.45, 7) is 5.00. The summed E-state index contributed by atoms with van der Waals surface area (Å²) in [4.78, 5) is 0. The second-order valence-corrected chi connectivity index (χ2v) is 3.56. The predicted octanol–water partition coefficient (Wildman–Crippen LogP) is 1.51. The lowest BCUT2D eigenvalue weighted by molar-refractivity contribution is 0.339. The van der Waals surface area contributed by atoms with Crippen molar-refractivity contribution < 1.29 is 4.39 Å². The molecule has 0 aliphatic rings. The molecule has 0 aliphatic heterocycles. The molecule has 0 aromatic carbocycles. The minimum atomic E-state index is -1.13. The average Bonchev–Trinajstić information content (AvgIpc) is 2.50. The van der Waals surface area contributed by atoms with Crippen LogP contribution in [0, 0.1) is 5.92 Å². The van der Waals surface area contributed by atoms with Gasteiger partial charge in [0.1, 0.15) is 0 Å². The van der Waals surface area contributed by atoms with Crippen LogP contribution in [0.2, 0.25) is 0 Å². The molecule has 1 rings (SSSR count). The second kappa shape index (κ2) is 4.37. The molecule has 0 aliphatic carbocycles. The highest BCUT2D eigenvalue weighted by atomic mass is 19.1. The van der Waals surface area contributed by atoms with Gasteiger partial charge in [0.25, 0.3) is 0 Å². The van der Waals surface area contributed by atoms with Gasteiger partial charge >= 0.3 is 0 Å². The van der Waals surface area contributed by atoms with Crippen molar-refractivity contribution in [3.63, 3.8) is 0 Å². The van der Waals surface area contributed by atoms with Crippen LogP contribution in [0.3, 0.4) is 0 Å². The summed E-state index contributed by atoms with van der Waals surface area (Å²) >= 11 is 0. The molecule has 0 fully saturated rings. The fourth-order valence-corrected chi connectivity index (χ4v) is 1.14. The van der Waals surface area contributed by atoms with Gasteiger partial charge in [-0.15, -0.1) is 0 Å². The molecule has 0 saturated carbocycles. The van der Waals surface area contributed by atoms with E-state index < -0.39 is 6.17 Å². The lowest BCUT2D eigenvalue weighted by atomic mass is 10.2. The second-order valence-electron chi connectivity index (χ2n) is 3.56. The largest absolute Gasteiger partial charge is 0.327 e. The Morgan fingerprint density at radius 3 is 2.85 bits per heavy atom. The monoisotopic (exact) mass is 185 g/mol. The summed E-state index contributed by atoms with van der Waals surface area (Å²) in [5.41, 5.74) is 5.62. The number of aromatic nitrogens is 2. The van der Waals surface area contributed by atoms with Crippen LogP contribution in [0.25, 0.3) is 0 Å². The number of nitrogens with two attached hydrogens (primary N) is 1. The van der Waals surface area contributed by atoms with E-state index in [1.807, 2.05) is 0 Å². The molecule has 0 amide bonds. The zero-order valence-electron chi connectivity index (χ0n) is 8.07. The average molecular weight is 185 g/mol. The molecule has 0 radical (unpaired) electrons. The van der Waals surface area contributed by atoms with Crippen molar-refractivity contribution >= 4 is 0 Å². The van der Waals surface area contributed by atoms with Crippen molar-refractivity contribution in [1.82, 2.24) is 9.78 Å². The number of nitrogens with zero attached hydrogens (tertiary/aromatic N) is 2. The quantitative estimate of drug-likeness (QED) is 0.772. The first kappa shape index (κ1) is 10.2. The molecule has 3 nitrogen and oxygen atoms in total. The third-order valence-electron chi connectivity index (χ3n) is 1.74. The fraction of sp³-hybridized carbons (Fsp3) is 0.667. The van der Waals surface area contributed by atoms with E-state index >= 15 is 0 Å². The van der Waals surface area contributed by atoms with E-state index in [0.29, 0.717) is 11.6 Å². The van der Waals surface area contributed by atoms with E-state index in [-0.39, 0.29) is 6.54 Å². The van der Waals surface area contributed by atoms with Crippen molar-refractivity contribution in [2.24, 2.45) is 11.7 Å². The van der Waals surface area contributed by atoms with Crippen molar-refractivity contribution in [3.05, 3.63) is 18.0 Å². The van der Waals surface area contributed by atoms with Gasteiger partial charge < -0.3 is 5.73 Å². The first-order chi connectivity index (χ1) is 6.13. The molecule has 4 heteroatoms. The SMILES string of the molecule is CC(C)Cn1ccc(C(F)CN)n1. The van der Waals surface area contributed by atoms with Gasteiger partial charge in [-0.25, -0.2) is 4.39 Å². The number of rotatable bonds is 4. The molecule has 2 N–H and O–H groups in total. The summed E-state index contributed by atoms with van der Waals surface area (Å²) in [6.07, 6.45) is 0.658. The Labute approximate surface area is 77.7 Å². The Kier molecular flexibility index (Phi) is 3.42. The van der Waals surface area contributed by atoms with Gasteiger partial charge in [0.05, 0.1) is 5.69 Å². The van der Waals surface area contributed by atoms with Crippen molar-refractivity contribution in [1.29, 1.82) is 0 Å². The normalized spacial score (nSPS) is 13.6. The van der Waals surface area contributed by atoms with Crippen molar-refractivity contribution in [2.75, 3.05) is 6.54 Å². The maximum absolute atomic E-state index is 13.0. The molecule has 1 atom stereocenters. The van der Waals surface area contributed by atoms with Gasteiger partial charge in [-0.2, -0.15) is 5.10 Å². The zero-order chi connectivity index (χ0) is 9.84. The summed E-state index contributed by atoms with van der Waals surface area (Å²) in [5, 5.41) is 4.08. The summed E-state index contributed by atoms with van der Waals surface area (Å²) in [6, 6.07) is 1.68. The topological polar surface area (TPSA) is 43.8 Å². The van der Waals surface area contributed by atoms with Crippen molar-refractivity contribution in [2.45, 2.75) is 26.6 Å². The highest BCUT2D eigenvalue weighted by Crippen LogP contribution is 2.13. The van der Waals surface area contributed by atoms with Crippen LogP contribution in [-0.2, 0) is 6.54 Å². The Morgan fingerprint density at radius 1 is 1.62 bits per heavy atom. The number of hydrogen-bond acceptors (Lipinski definition) is 2. The molecule has 0 bridgehead atoms. The highest BCUT2D eigenvalue weighted by molar-refractivity contribution is 5.03. The molecule has 1 unspecified atom stereocenters. The van der Waals surface area contributed by atoms with Crippen LogP contribution in [0.1, 0.15) is 25.7 Å². The molecule has 0 saturated heterocycles. The van der Waals surface area contributed by atoms with Crippen LogP contribution < -0.4 is 5.73 Å². The number of alkyl halides is 1. The van der Waals surface area contributed by atoms with Gasteiger partial charge in [-0.05, 0) is 12.0 Å². The van der Waals surface area contributed by atoms with Crippen LogP contribution in [0.4, 0.5) is 4.39 Å². The van der Waals surface area contributed by atoms with Gasteiger partial charge in [0, 0.05) is 19.3 Å². The maximum atomic E-state index is 13.0. The molecule has 1 aromatic heterocycles. The number of hydrogen-bond donors (Lipinski definition) is 1. The summed E-state index contributed by atoms with van der Waals surface area (Å²) < 4.78 is 14.8. The molecule has 1 heterocycles. The molecule has 74 valence electrons. The summed E-state index contributed by atoms with van der Waals surface area (Å²) in [5.74, 6) is 0.517. The van der Waals surface area contributed by atoms with E-state index in [2.05, 4.69) is 18.9 Å². The van der Waals surface area contributed by atoms with Crippen LogP contribution in [-0.4, -0.2) is 16.3 Å². The molecular weight excluding hydrogens is 169 g/mol. The van der Waals surface area contributed by atoms with Gasteiger partial charge in [-0.1, -0.05) is 13.8 Å². The Hall–Kier alpha value is -0.900. The van der Waals surface area contributed by atoms with Gasteiger partial charge in [0.15, 0.2) is 6.17 Å². The smallest absolute Gasteiger partial charge is 0.156 e. The zero-order valence-corrected chi connectivity index (χ0v) is 8.07. The first-order valence-electron chi connectivity index (χ1n) is 4.51. The predicted molar refractivity (Wildman–Crippen MR) is 50.0 cm³/mol. The van der Waals surface area contributed by atoms with E-state index in [1.165, 1.54) is 0 Å². The van der Waals surface area contributed by atoms with E-state index in [4.69, 9.17) is 5.73 Å². The van der Waals surface area contributed by atoms with Crippen molar-refractivity contribution in [3.8, 4) is 0 Å². The molecule has 13 heavy (non-hydrogen) atoms. The van der Waals surface area contributed by atoms with Gasteiger partial charge in [-0.3, -0.25) is 4.68 Å². The van der Waals surface area contributed by atoms with E-state index in [9.17, 15) is 4.39 Å². The Bertz CT molecular complexity index is 257. The van der Waals surface area contributed by atoms with E-state index in [0.717, 1.165) is 6.54 Å². The third-order valence-corrected chi connectivity index (χ3v) is 1.74. The summed E-state index contributed by atoms with van der Waals surface area (Å²) in [7, 11) is 0. The Morgan fingerprint density at radius 2 is 2.31 bits per heavy atom. The minimum Gasteiger partial charge on any atom is -0.327 e. The van der Waals surface area contributed by atoms with Crippen LogP contribution in [0.5, 0.6) is 0 Å². The number of halogens is 1. The van der Waals surface area contributed by atoms with E-state index in [1.54, 1.807) is 16.9 Å². The first-order valence-corrected chi connectivity index (χ1v) is 4.51. The molecular formula is C9H16FN3. The third kappa shape index (κ3) is 2.81. The lowest BCUT2D eigenvalue weighted by Gasteiger charge is -2.04. The molecule has 1 aromatic rings.